The van der Waals surface area contributed by atoms with Crippen molar-refractivity contribution in [1.82, 2.24) is 0 Å². The highest BCUT2D eigenvalue weighted by atomic mass is 16.6. The quantitative estimate of drug-likeness (QED) is 0.0843. The molecule has 0 radical (unpaired) electrons. The van der Waals surface area contributed by atoms with Crippen LogP contribution >= 0.6 is 0 Å². The molecule has 4 aromatic rings. The van der Waals surface area contributed by atoms with Gasteiger partial charge in [0.1, 0.15) is 12.3 Å². The molecule has 0 spiro atoms. The molecular formula is C34H29N3O5. The molecule has 0 aliphatic carbocycles. The minimum Gasteiger partial charge on any atom is -0.490 e. The minimum absolute atomic E-state index is 0.0178. The molecule has 42 heavy (non-hydrogen) atoms. The van der Waals surface area contributed by atoms with Crippen LogP contribution in [-0.2, 0) is 17.8 Å². The molecule has 0 saturated heterocycles. The predicted molar refractivity (Wildman–Crippen MR) is 164 cm³/mol. The number of carbonyl (C=O) groups excluding carboxylic acids is 1. The van der Waals surface area contributed by atoms with E-state index in [1.807, 2.05) is 85.8 Å². The number of para-hydroxylation sites is 1. The monoisotopic (exact) mass is 559 g/mol. The van der Waals surface area contributed by atoms with Gasteiger partial charge in [0, 0.05) is 23.3 Å². The second-order valence-corrected chi connectivity index (χ2v) is 9.47. The maximum Gasteiger partial charge on any atom is 0.281 e. The number of anilines is 1. The first-order chi connectivity index (χ1) is 20.5. The van der Waals surface area contributed by atoms with Crippen LogP contribution in [0.15, 0.2) is 120 Å². The number of hydrogen-bond acceptors (Lipinski definition) is 6. The lowest BCUT2D eigenvalue weighted by atomic mass is 9.98. The van der Waals surface area contributed by atoms with Crippen LogP contribution in [0.1, 0.15) is 29.2 Å². The SMILES string of the molecule is C=CCc1cc(/C=C2\C(=O)N(c3ccccc3)N=C2c2ccccc2)cc(OCC)c1OCc1ccc([N+](=O)[O-])cc1. The standard InChI is InChI=1S/C34H29N3O5/c1-3-11-27-20-25(22-31(41-4-2)33(27)42-23-24-16-18-29(19-17-24)37(39)40)21-30-32(26-12-7-5-8-13-26)35-36(34(30)38)28-14-9-6-10-15-28/h3,5-10,12-22H,1,4,11,23H2,2H3/b30-21-. The van der Waals surface area contributed by atoms with Gasteiger partial charge in [0.2, 0.25) is 0 Å². The number of nitro benzene ring substituents is 1. The van der Waals surface area contributed by atoms with Crippen LogP contribution in [0.2, 0.25) is 0 Å². The topological polar surface area (TPSA) is 94.3 Å². The summed E-state index contributed by atoms with van der Waals surface area (Å²) in [4.78, 5) is 24.3. The minimum atomic E-state index is -0.435. The molecule has 1 aliphatic heterocycles. The lowest BCUT2D eigenvalue weighted by molar-refractivity contribution is -0.384. The van der Waals surface area contributed by atoms with Crippen molar-refractivity contribution in [2.24, 2.45) is 5.10 Å². The van der Waals surface area contributed by atoms with Crippen LogP contribution in [0.4, 0.5) is 11.4 Å². The van der Waals surface area contributed by atoms with E-state index in [0.29, 0.717) is 41.5 Å². The van der Waals surface area contributed by atoms with E-state index in [2.05, 4.69) is 6.58 Å². The van der Waals surface area contributed by atoms with Crippen LogP contribution in [0.25, 0.3) is 6.08 Å². The Hall–Kier alpha value is -5.50. The van der Waals surface area contributed by atoms with Gasteiger partial charge < -0.3 is 9.47 Å². The summed E-state index contributed by atoms with van der Waals surface area (Å²) >= 11 is 0. The van der Waals surface area contributed by atoms with Gasteiger partial charge in [-0.2, -0.15) is 10.1 Å². The number of rotatable bonds is 11. The fraction of sp³-hybridized carbons (Fsp3) is 0.118. The largest absolute Gasteiger partial charge is 0.490 e. The van der Waals surface area contributed by atoms with Crippen LogP contribution in [-0.4, -0.2) is 23.1 Å². The zero-order valence-corrected chi connectivity index (χ0v) is 23.1. The zero-order chi connectivity index (χ0) is 29.5. The Kier molecular flexibility index (Phi) is 8.53. The number of nitrogens with zero attached hydrogens (tertiary/aromatic N) is 3. The molecule has 1 heterocycles. The van der Waals surface area contributed by atoms with E-state index in [0.717, 1.165) is 22.3 Å². The summed E-state index contributed by atoms with van der Waals surface area (Å²) in [5, 5.41) is 17.1. The Labute approximate surface area is 244 Å². The van der Waals surface area contributed by atoms with Gasteiger partial charge in [-0.05, 0) is 66.9 Å². The van der Waals surface area contributed by atoms with Crippen molar-refractivity contribution < 1.29 is 19.2 Å². The maximum absolute atomic E-state index is 13.7. The van der Waals surface area contributed by atoms with E-state index in [4.69, 9.17) is 14.6 Å². The number of carbonyl (C=O) groups is 1. The molecule has 0 fully saturated rings. The Morgan fingerprint density at radius 3 is 2.29 bits per heavy atom. The Balaban J connectivity index is 1.53. The van der Waals surface area contributed by atoms with Crippen molar-refractivity contribution >= 4 is 29.1 Å². The summed E-state index contributed by atoms with van der Waals surface area (Å²) in [6.45, 7) is 6.38. The first-order valence-electron chi connectivity index (χ1n) is 13.5. The molecule has 1 amide bonds. The molecule has 210 valence electrons. The molecular weight excluding hydrogens is 530 g/mol. The fourth-order valence-corrected chi connectivity index (χ4v) is 4.63. The highest BCUT2D eigenvalue weighted by molar-refractivity contribution is 6.37. The first kappa shape index (κ1) is 28.0. The van der Waals surface area contributed by atoms with Gasteiger partial charge >= 0.3 is 0 Å². The van der Waals surface area contributed by atoms with E-state index < -0.39 is 4.92 Å². The zero-order valence-electron chi connectivity index (χ0n) is 23.1. The second kappa shape index (κ2) is 12.8. The first-order valence-corrected chi connectivity index (χ1v) is 13.5. The molecule has 0 atom stereocenters. The predicted octanol–water partition coefficient (Wildman–Crippen LogP) is 7.14. The van der Waals surface area contributed by atoms with Gasteiger partial charge in [-0.25, -0.2) is 0 Å². The lowest BCUT2D eigenvalue weighted by Gasteiger charge is -2.17. The highest BCUT2D eigenvalue weighted by Crippen LogP contribution is 2.36. The second-order valence-electron chi connectivity index (χ2n) is 9.47. The summed E-state index contributed by atoms with van der Waals surface area (Å²) < 4.78 is 12.2. The van der Waals surface area contributed by atoms with Gasteiger partial charge in [-0.3, -0.25) is 14.9 Å². The lowest BCUT2D eigenvalue weighted by Crippen LogP contribution is -2.21. The van der Waals surface area contributed by atoms with Gasteiger partial charge in [0.25, 0.3) is 11.6 Å². The van der Waals surface area contributed by atoms with Crippen molar-refractivity contribution in [3.05, 3.63) is 148 Å². The van der Waals surface area contributed by atoms with Gasteiger partial charge in [0.15, 0.2) is 11.5 Å². The fourth-order valence-electron chi connectivity index (χ4n) is 4.63. The summed E-state index contributed by atoms with van der Waals surface area (Å²) in [6, 6.07) is 29.0. The molecule has 0 unspecified atom stereocenters. The normalized spacial score (nSPS) is 13.6. The summed E-state index contributed by atoms with van der Waals surface area (Å²) in [7, 11) is 0. The summed E-state index contributed by atoms with van der Waals surface area (Å²) in [5.74, 6) is 0.841. The van der Waals surface area contributed by atoms with E-state index >= 15 is 0 Å². The molecule has 0 bridgehead atoms. The number of nitro groups is 1. The molecule has 8 nitrogen and oxygen atoms in total. The molecule has 8 heteroatoms. The number of hydrazone groups is 1. The third-order valence-corrected chi connectivity index (χ3v) is 6.59. The van der Waals surface area contributed by atoms with E-state index in [1.165, 1.54) is 17.1 Å². The maximum atomic E-state index is 13.7. The van der Waals surface area contributed by atoms with Crippen molar-refractivity contribution in [3.63, 3.8) is 0 Å². The highest BCUT2D eigenvalue weighted by Gasteiger charge is 2.32. The molecule has 4 aromatic carbocycles. The Bertz CT molecular complexity index is 1660. The van der Waals surface area contributed by atoms with Crippen LogP contribution in [0, 0.1) is 10.1 Å². The number of amides is 1. The van der Waals surface area contributed by atoms with Crippen LogP contribution in [0.5, 0.6) is 11.5 Å². The van der Waals surface area contributed by atoms with Crippen molar-refractivity contribution in [2.45, 2.75) is 20.0 Å². The number of hydrogen-bond donors (Lipinski definition) is 0. The summed E-state index contributed by atoms with van der Waals surface area (Å²) in [6.07, 6.45) is 4.10. The van der Waals surface area contributed by atoms with Crippen molar-refractivity contribution in [3.8, 4) is 11.5 Å². The smallest absolute Gasteiger partial charge is 0.281 e. The molecule has 0 N–H and O–H groups in total. The number of allylic oxidation sites excluding steroid dienone is 1. The third kappa shape index (κ3) is 6.13. The average Bonchev–Trinajstić information content (AvgIpc) is 3.33. The van der Waals surface area contributed by atoms with Gasteiger partial charge in [0.05, 0.1) is 22.8 Å². The van der Waals surface area contributed by atoms with E-state index in [9.17, 15) is 14.9 Å². The molecule has 5 rings (SSSR count). The molecule has 0 aromatic heterocycles. The summed E-state index contributed by atoms with van der Waals surface area (Å²) in [5.41, 5.74) is 4.91. The number of ether oxygens (including phenoxy) is 2. The Morgan fingerprint density at radius 2 is 1.64 bits per heavy atom. The Morgan fingerprint density at radius 1 is 0.952 bits per heavy atom. The number of non-ortho nitro benzene ring substituents is 1. The number of benzene rings is 4. The van der Waals surface area contributed by atoms with E-state index in [1.54, 1.807) is 18.2 Å². The average molecular weight is 560 g/mol. The van der Waals surface area contributed by atoms with Crippen molar-refractivity contribution in [1.29, 1.82) is 0 Å². The van der Waals surface area contributed by atoms with Gasteiger partial charge in [-0.1, -0.05) is 54.6 Å². The molecule has 0 saturated carbocycles. The molecule has 1 aliphatic rings. The van der Waals surface area contributed by atoms with Crippen LogP contribution in [0.3, 0.4) is 0 Å². The van der Waals surface area contributed by atoms with E-state index in [-0.39, 0.29) is 18.2 Å². The van der Waals surface area contributed by atoms with Gasteiger partial charge in [-0.15, -0.1) is 6.58 Å². The van der Waals surface area contributed by atoms with Crippen LogP contribution < -0.4 is 14.5 Å². The third-order valence-electron chi connectivity index (χ3n) is 6.59. The van der Waals surface area contributed by atoms with Crippen molar-refractivity contribution in [2.75, 3.05) is 11.6 Å².